The smallest absolute Gasteiger partial charge is 0.125 e. The number of para-hydroxylation sites is 2. The molecule has 1 heterocycles. The van der Waals surface area contributed by atoms with Crippen molar-refractivity contribution < 1.29 is 5.11 Å². The molecule has 0 aliphatic rings. The Hall–Kier alpha value is -2.68. The first-order valence-corrected chi connectivity index (χ1v) is 6.01. The number of hydrogen-bond donors (Lipinski definition) is 1. The van der Waals surface area contributed by atoms with Crippen LogP contribution in [-0.2, 0) is 0 Å². The van der Waals surface area contributed by atoms with Crippen molar-refractivity contribution in [2.75, 3.05) is 0 Å². The number of benzene rings is 2. The Morgan fingerprint density at radius 3 is 2.37 bits per heavy atom. The van der Waals surface area contributed by atoms with Gasteiger partial charge in [0.2, 0.25) is 0 Å². The average Bonchev–Trinajstić information content (AvgIpc) is 2.48. The van der Waals surface area contributed by atoms with Gasteiger partial charge in [-0.2, -0.15) is 0 Å². The fraction of sp³-hybridized carbons (Fsp3) is 0. The molecule has 3 aromatic rings. The van der Waals surface area contributed by atoms with Gasteiger partial charge in [0.25, 0.3) is 0 Å². The molecule has 1 aromatic heterocycles. The number of fused-ring (bicyclic) bond motifs is 1. The summed E-state index contributed by atoms with van der Waals surface area (Å²) >= 11 is 0. The minimum absolute atomic E-state index is 0.185. The summed E-state index contributed by atoms with van der Waals surface area (Å²) in [5.41, 5.74) is 3.06. The normalized spacial score (nSPS) is 11.7. The van der Waals surface area contributed by atoms with Crippen LogP contribution in [0.25, 0.3) is 22.9 Å². The van der Waals surface area contributed by atoms with Gasteiger partial charge in [-0.1, -0.05) is 42.5 Å². The predicted octanol–water partition coefficient (Wildman–Crippen LogP) is 3.69. The summed E-state index contributed by atoms with van der Waals surface area (Å²) in [6, 6.07) is 17.0. The van der Waals surface area contributed by atoms with Crippen molar-refractivity contribution in [1.29, 1.82) is 0 Å². The van der Waals surface area contributed by atoms with Crippen LogP contribution in [-0.4, -0.2) is 15.1 Å². The van der Waals surface area contributed by atoms with Crippen LogP contribution in [0.15, 0.2) is 60.8 Å². The maximum Gasteiger partial charge on any atom is 0.125 e. The topological polar surface area (TPSA) is 46.0 Å². The standard InChI is InChI=1S/C16H12N2O/c19-16(12-6-2-1-3-7-12)10-13-11-17-14-8-4-5-9-15(14)18-13/h1-11,19H/b16-10+. The highest BCUT2D eigenvalue weighted by Gasteiger charge is 2.01. The zero-order valence-corrected chi connectivity index (χ0v) is 10.2. The molecule has 2 aromatic carbocycles. The fourth-order valence-corrected chi connectivity index (χ4v) is 1.87. The van der Waals surface area contributed by atoms with E-state index in [-0.39, 0.29) is 5.76 Å². The Morgan fingerprint density at radius 1 is 0.895 bits per heavy atom. The first-order valence-electron chi connectivity index (χ1n) is 6.01. The number of aliphatic hydroxyl groups is 1. The lowest BCUT2D eigenvalue weighted by Crippen LogP contribution is -1.89. The molecule has 0 unspecified atom stereocenters. The van der Waals surface area contributed by atoms with Crippen molar-refractivity contribution in [2.45, 2.75) is 0 Å². The van der Waals surface area contributed by atoms with Crippen LogP contribution >= 0.6 is 0 Å². The molecular formula is C16H12N2O. The van der Waals surface area contributed by atoms with Gasteiger partial charge in [-0.15, -0.1) is 0 Å². The quantitative estimate of drug-likeness (QED) is 0.703. The van der Waals surface area contributed by atoms with Gasteiger partial charge in [0, 0.05) is 11.6 Å². The van der Waals surface area contributed by atoms with Gasteiger partial charge < -0.3 is 5.11 Å². The lowest BCUT2D eigenvalue weighted by molar-refractivity contribution is 0.515. The summed E-state index contributed by atoms with van der Waals surface area (Å²) in [6.45, 7) is 0. The third-order valence-corrected chi connectivity index (χ3v) is 2.82. The molecule has 0 atom stereocenters. The Labute approximate surface area is 110 Å². The van der Waals surface area contributed by atoms with Crippen LogP contribution < -0.4 is 0 Å². The molecule has 19 heavy (non-hydrogen) atoms. The van der Waals surface area contributed by atoms with Crippen LogP contribution in [0.3, 0.4) is 0 Å². The second kappa shape index (κ2) is 4.90. The van der Waals surface area contributed by atoms with Crippen molar-refractivity contribution in [3.05, 3.63) is 72.1 Å². The molecule has 3 nitrogen and oxygen atoms in total. The van der Waals surface area contributed by atoms with Crippen LogP contribution in [0.5, 0.6) is 0 Å². The van der Waals surface area contributed by atoms with E-state index in [0.717, 1.165) is 16.6 Å². The lowest BCUT2D eigenvalue weighted by Gasteiger charge is -2.01. The second-order valence-electron chi connectivity index (χ2n) is 4.18. The molecule has 0 amide bonds. The van der Waals surface area contributed by atoms with Gasteiger partial charge >= 0.3 is 0 Å². The number of hydrogen-bond acceptors (Lipinski definition) is 3. The maximum absolute atomic E-state index is 10.0. The predicted molar refractivity (Wildman–Crippen MR) is 76.5 cm³/mol. The SMILES string of the molecule is O/C(=C/c1cnc2ccccc2n1)c1ccccc1. The van der Waals surface area contributed by atoms with Crippen LogP contribution in [0.1, 0.15) is 11.3 Å². The van der Waals surface area contributed by atoms with Gasteiger partial charge in [-0.05, 0) is 12.1 Å². The zero-order chi connectivity index (χ0) is 13.1. The summed E-state index contributed by atoms with van der Waals surface area (Å²) in [7, 11) is 0. The Bertz CT molecular complexity index is 736. The number of aromatic nitrogens is 2. The number of rotatable bonds is 2. The van der Waals surface area contributed by atoms with Crippen molar-refractivity contribution in [2.24, 2.45) is 0 Å². The zero-order valence-electron chi connectivity index (χ0n) is 10.2. The highest BCUT2D eigenvalue weighted by molar-refractivity contribution is 5.79. The monoisotopic (exact) mass is 248 g/mol. The van der Waals surface area contributed by atoms with E-state index >= 15 is 0 Å². The van der Waals surface area contributed by atoms with Crippen LogP contribution in [0.4, 0.5) is 0 Å². The third-order valence-electron chi connectivity index (χ3n) is 2.82. The van der Waals surface area contributed by atoms with Crippen molar-refractivity contribution in [3.63, 3.8) is 0 Å². The van der Waals surface area contributed by atoms with E-state index in [0.29, 0.717) is 5.69 Å². The van der Waals surface area contributed by atoms with E-state index < -0.39 is 0 Å². The Balaban J connectivity index is 2.01. The first-order chi connectivity index (χ1) is 9.33. The van der Waals surface area contributed by atoms with E-state index in [9.17, 15) is 5.11 Å². The molecule has 3 heteroatoms. The summed E-state index contributed by atoms with van der Waals surface area (Å²) in [4.78, 5) is 8.75. The van der Waals surface area contributed by atoms with E-state index in [1.165, 1.54) is 0 Å². The van der Waals surface area contributed by atoms with Crippen LogP contribution in [0, 0.1) is 0 Å². The van der Waals surface area contributed by atoms with Crippen molar-refractivity contribution in [3.8, 4) is 0 Å². The van der Waals surface area contributed by atoms with Crippen molar-refractivity contribution in [1.82, 2.24) is 9.97 Å². The first kappa shape index (κ1) is 11.4. The van der Waals surface area contributed by atoms with Gasteiger partial charge in [-0.25, -0.2) is 4.98 Å². The lowest BCUT2D eigenvalue weighted by atomic mass is 10.1. The second-order valence-corrected chi connectivity index (χ2v) is 4.18. The van der Waals surface area contributed by atoms with Gasteiger partial charge in [-0.3, -0.25) is 4.98 Å². The van der Waals surface area contributed by atoms with Gasteiger partial charge in [0.1, 0.15) is 5.76 Å². The van der Waals surface area contributed by atoms with E-state index in [4.69, 9.17) is 0 Å². The molecule has 0 saturated heterocycles. The highest BCUT2D eigenvalue weighted by atomic mass is 16.3. The molecular weight excluding hydrogens is 236 g/mol. The minimum atomic E-state index is 0.185. The average molecular weight is 248 g/mol. The molecule has 3 rings (SSSR count). The van der Waals surface area contributed by atoms with E-state index in [1.807, 2.05) is 54.6 Å². The summed E-state index contributed by atoms with van der Waals surface area (Å²) in [5, 5.41) is 10.0. The largest absolute Gasteiger partial charge is 0.507 e. The highest BCUT2D eigenvalue weighted by Crippen LogP contribution is 2.15. The van der Waals surface area contributed by atoms with E-state index in [1.54, 1.807) is 12.3 Å². The summed E-state index contributed by atoms with van der Waals surface area (Å²) in [6.07, 6.45) is 3.27. The van der Waals surface area contributed by atoms with E-state index in [2.05, 4.69) is 9.97 Å². The molecule has 0 bridgehead atoms. The molecule has 0 aliphatic carbocycles. The molecule has 0 radical (unpaired) electrons. The number of aliphatic hydroxyl groups excluding tert-OH is 1. The fourth-order valence-electron chi connectivity index (χ4n) is 1.87. The Kier molecular flexibility index (Phi) is 2.94. The molecule has 0 saturated carbocycles. The number of nitrogens with zero attached hydrogens (tertiary/aromatic N) is 2. The maximum atomic E-state index is 10.0. The summed E-state index contributed by atoms with van der Waals surface area (Å²) in [5.74, 6) is 0.185. The van der Waals surface area contributed by atoms with Gasteiger partial charge in [0.05, 0.1) is 22.9 Å². The third kappa shape index (κ3) is 2.45. The van der Waals surface area contributed by atoms with Crippen molar-refractivity contribution >= 4 is 22.9 Å². The molecule has 0 spiro atoms. The molecule has 1 N–H and O–H groups in total. The molecule has 0 aliphatic heterocycles. The molecule has 0 fully saturated rings. The summed E-state index contributed by atoms with van der Waals surface area (Å²) < 4.78 is 0. The minimum Gasteiger partial charge on any atom is -0.507 e. The van der Waals surface area contributed by atoms with Gasteiger partial charge in [0.15, 0.2) is 0 Å². The Morgan fingerprint density at radius 2 is 1.58 bits per heavy atom. The van der Waals surface area contributed by atoms with Crippen LogP contribution in [0.2, 0.25) is 0 Å². The molecule has 92 valence electrons.